The maximum Gasteiger partial charge on any atom is 0.572 e. The Balaban J connectivity index is 1.79. The highest BCUT2D eigenvalue weighted by Crippen LogP contribution is 2.44. The zero-order chi connectivity index (χ0) is 26.8. The van der Waals surface area contributed by atoms with Crippen molar-refractivity contribution < 1.29 is 41.0 Å². The summed E-state index contributed by atoms with van der Waals surface area (Å²) in [5.41, 5.74) is 2.50. The van der Waals surface area contributed by atoms with E-state index in [-0.39, 0.29) is 22.1 Å². The standard InChI is InChI=1S/C22H20F5N5O4S/c23-13-2-1-3-14(24)17(13)19-30-31-20(37-19)21(29-16(33)11-32-6-8-35-9-7-32)10-12(18(28)34)4-5-15(21)36-22(25,26)27/h1-5H,6-11H2,(H2,28,34)(H,29,33). The quantitative estimate of drug-likeness (QED) is 0.513. The third kappa shape index (κ3) is 5.94. The second kappa shape index (κ2) is 10.5. The van der Waals surface area contributed by atoms with Gasteiger partial charge in [0, 0.05) is 25.1 Å². The minimum Gasteiger partial charge on any atom is -0.407 e. The van der Waals surface area contributed by atoms with Gasteiger partial charge in [0.25, 0.3) is 0 Å². The third-order valence-corrected chi connectivity index (χ3v) is 6.75. The molecule has 2 heterocycles. The number of nitrogens with two attached hydrogens (primary N) is 1. The van der Waals surface area contributed by atoms with Crippen LogP contribution in [0.25, 0.3) is 10.6 Å². The van der Waals surface area contributed by atoms with Gasteiger partial charge in [0.05, 0.1) is 25.3 Å². The monoisotopic (exact) mass is 545 g/mol. The first-order chi connectivity index (χ1) is 17.5. The smallest absolute Gasteiger partial charge is 0.407 e. The van der Waals surface area contributed by atoms with Gasteiger partial charge in [-0.3, -0.25) is 14.5 Å². The number of aromatic nitrogens is 2. The summed E-state index contributed by atoms with van der Waals surface area (Å²) >= 11 is 0.533. The van der Waals surface area contributed by atoms with Crippen molar-refractivity contribution in [1.29, 1.82) is 0 Å². The SMILES string of the molecule is NC(=O)C1=CC=C(OC(F)(F)F)C(NC(=O)CN2CCOCC2)(c2nnc(-c3c(F)cccc3F)s2)C1. The summed E-state index contributed by atoms with van der Waals surface area (Å²) in [6.07, 6.45) is -3.88. The molecule has 0 bridgehead atoms. The van der Waals surface area contributed by atoms with Crippen LogP contribution in [0.4, 0.5) is 22.0 Å². The van der Waals surface area contributed by atoms with Crippen LogP contribution in [-0.4, -0.2) is 66.1 Å². The summed E-state index contributed by atoms with van der Waals surface area (Å²) in [5.74, 6) is -4.46. The number of nitrogens with zero attached hydrogens (tertiary/aromatic N) is 3. The van der Waals surface area contributed by atoms with Gasteiger partial charge in [-0.1, -0.05) is 23.5 Å². The number of rotatable bonds is 7. The van der Waals surface area contributed by atoms with Crippen molar-refractivity contribution in [3.05, 3.63) is 58.3 Å². The number of hydrogen-bond acceptors (Lipinski definition) is 8. The molecule has 1 aromatic heterocycles. The number of ether oxygens (including phenoxy) is 2. The lowest BCUT2D eigenvalue weighted by Crippen LogP contribution is -2.54. The molecule has 0 radical (unpaired) electrons. The second-order valence-electron chi connectivity index (χ2n) is 8.16. The molecule has 1 aromatic carbocycles. The predicted octanol–water partition coefficient (Wildman–Crippen LogP) is 2.36. The second-order valence-corrected chi connectivity index (χ2v) is 9.14. The molecular weight excluding hydrogens is 525 g/mol. The van der Waals surface area contributed by atoms with Crippen LogP contribution in [0, 0.1) is 11.6 Å². The van der Waals surface area contributed by atoms with Crippen LogP contribution in [0.3, 0.4) is 0 Å². The Morgan fingerprint density at radius 3 is 2.46 bits per heavy atom. The lowest BCUT2D eigenvalue weighted by atomic mass is 9.84. The molecule has 1 aliphatic heterocycles. The molecule has 2 aliphatic rings. The lowest BCUT2D eigenvalue weighted by molar-refractivity contribution is -0.310. The van der Waals surface area contributed by atoms with Crippen LogP contribution in [-0.2, 0) is 24.6 Å². The van der Waals surface area contributed by atoms with Crippen molar-refractivity contribution >= 4 is 23.2 Å². The van der Waals surface area contributed by atoms with Crippen LogP contribution in [0.15, 0.2) is 41.7 Å². The van der Waals surface area contributed by atoms with Crippen LogP contribution in [0.2, 0.25) is 0 Å². The molecule has 15 heteroatoms. The highest BCUT2D eigenvalue weighted by atomic mass is 32.1. The Kier molecular flexibility index (Phi) is 7.57. The average molecular weight is 545 g/mol. The number of amides is 2. The average Bonchev–Trinajstić information content (AvgIpc) is 3.30. The minimum absolute atomic E-state index is 0.144. The fourth-order valence-corrected chi connectivity index (χ4v) is 4.99. The summed E-state index contributed by atoms with van der Waals surface area (Å²) in [5, 5.41) is 9.53. The van der Waals surface area contributed by atoms with Crippen molar-refractivity contribution in [2.24, 2.45) is 5.73 Å². The number of carbonyl (C=O) groups is 2. The van der Waals surface area contributed by atoms with Gasteiger partial charge in [-0.05, 0) is 18.2 Å². The maximum atomic E-state index is 14.4. The molecule has 0 saturated carbocycles. The molecule has 9 nitrogen and oxygen atoms in total. The van der Waals surface area contributed by atoms with Crippen molar-refractivity contribution in [1.82, 2.24) is 20.4 Å². The number of alkyl halides is 3. The Morgan fingerprint density at radius 1 is 1.16 bits per heavy atom. The van der Waals surface area contributed by atoms with Crippen molar-refractivity contribution in [2.45, 2.75) is 18.3 Å². The molecule has 1 fully saturated rings. The van der Waals surface area contributed by atoms with E-state index in [9.17, 15) is 31.5 Å². The highest BCUT2D eigenvalue weighted by Gasteiger charge is 2.50. The van der Waals surface area contributed by atoms with Crippen molar-refractivity contribution in [3.63, 3.8) is 0 Å². The van der Waals surface area contributed by atoms with Gasteiger partial charge in [-0.25, -0.2) is 8.78 Å². The summed E-state index contributed by atoms with van der Waals surface area (Å²) < 4.78 is 78.4. The number of morpholine rings is 1. The predicted molar refractivity (Wildman–Crippen MR) is 119 cm³/mol. The Morgan fingerprint density at radius 2 is 1.84 bits per heavy atom. The first kappa shape index (κ1) is 26.6. The number of nitrogens with one attached hydrogen (secondary N) is 1. The van der Waals surface area contributed by atoms with Gasteiger partial charge in [0.1, 0.15) is 17.4 Å². The number of carbonyl (C=O) groups excluding carboxylic acids is 2. The molecule has 1 saturated heterocycles. The van der Waals surface area contributed by atoms with Gasteiger partial charge in [0.15, 0.2) is 15.6 Å². The summed E-state index contributed by atoms with van der Waals surface area (Å²) in [6, 6.07) is 3.09. The van der Waals surface area contributed by atoms with Crippen molar-refractivity contribution in [3.8, 4) is 10.6 Å². The van der Waals surface area contributed by atoms with E-state index in [4.69, 9.17) is 10.5 Å². The maximum absolute atomic E-state index is 14.4. The largest absolute Gasteiger partial charge is 0.572 e. The first-order valence-electron chi connectivity index (χ1n) is 10.8. The Bertz CT molecular complexity index is 1240. The van der Waals surface area contributed by atoms with Crippen LogP contribution in [0.1, 0.15) is 11.4 Å². The number of halogens is 5. The van der Waals surface area contributed by atoms with Crippen molar-refractivity contribution in [2.75, 3.05) is 32.8 Å². The highest BCUT2D eigenvalue weighted by molar-refractivity contribution is 7.14. The third-order valence-electron chi connectivity index (χ3n) is 5.64. The van der Waals surface area contributed by atoms with E-state index >= 15 is 0 Å². The zero-order valence-corrected chi connectivity index (χ0v) is 19.8. The normalized spacial score (nSPS) is 20.7. The van der Waals surface area contributed by atoms with Gasteiger partial charge in [-0.2, -0.15) is 0 Å². The van der Waals surface area contributed by atoms with E-state index in [1.165, 1.54) is 0 Å². The Labute approximate surface area is 210 Å². The molecule has 3 N–H and O–H groups in total. The van der Waals surface area contributed by atoms with Gasteiger partial charge in [0.2, 0.25) is 11.8 Å². The lowest BCUT2D eigenvalue weighted by Gasteiger charge is -2.37. The molecular formula is C22H20F5N5O4S. The molecule has 1 aliphatic carbocycles. The summed E-state index contributed by atoms with van der Waals surface area (Å²) in [7, 11) is 0. The summed E-state index contributed by atoms with van der Waals surface area (Å²) in [4.78, 5) is 26.8. The van der Waals surface area contributed by atoms with E-state index in [0.717, 1.165) is 30.4 Å². The molecule has 2 aromatic rings. The number of allylic oxidation sites excluding steroid dienone is 2. The molecule has 37 heavy (non-hydrogen) atoms. The number of benzene rings is 1. The van der Waals surface area contributed by atoms with E-state index in [2.05, 4.69) is 20.3 Å². The topological polar surface area (TPSA) is 120 Å². The fourth-order valence-electron chi connectivity index (χ4n) is 3.94. The van der Waals surface area contributed by atoms with Crippen LogP contribution >= 0.6 is 11.3 Å². The Hall–Kier alpha value is -3.43. The van der Waals surface area contributed by atoms with E-state index in [1.807, 2.05) is 0 Å². The van der Waals surface area contributed by atoms with E-state index < -0.39 is 53.1 Å². The molecule has 1 atom stereocenters. The summed E-state index contributed by atoms with van der Waals surface area (Å²) in [6.45, 7) is 1.33. The molecule has 0 spiro atoms. The zero-order valence-electron chi connectivity index (χ0n) is 19.0. The van der Waals surface area contributed by atoms with Gasteiger partial charge >= 0.3 is 6.36 Å². The first-order valence-corrected chi connectivity index (χ1v) is 11.7. The van der Waals surface area contributed by atoms with Crippen LogP contribution < -0.4 is 11.1 Å². The fraction of sp³-hybridized carbons (Fsp3) is 0.364. The van der Waals surface area contributed by atoms with Gasteiger partial charge in [-0.15, -0.1) is 23.4 Å². The van der Waals surface area contributed by atoms with E-state index in [1.54, 1.807) is 4.90 Å². The van der Waals surface area contributed by atoms with E-state index in [0.29, 0.717) is 37.6 Å². The molecule has 1 unspecified atom stereocenters. The van der Waals surface area contributed by atoms with Crippen LogP contribution in [0.5, 0.6) is 0 Å². The number of primary amides is 1. The molecule has 2 amide bonds. The van der Waals surface area contributed by atoms with Gasteiger partial charge < -0.3 is 20.5 Å². The minimum atomic E-state index is -5.19. The molecule has 198 valence electrons. The molecule has 4 rings (SSSR count). The number of hydrogen-bond donors (Lipinski definition) is 2.